The highest BCUT2D eigenvalue weighted by molar-refractivity contribution is 5.20. The van der Waals surface area contributed by atoms with E-state index in [1.807, 2.05) is 0 Å². The van der Waals surface area contributed by atoms with Gasteiger partial charge in [-0.2, -0.15) is 4.73 Å². The van der Waals surface area contributed by atoms with Crippen molar-refractivity contribution in [2.75, 3.05) is 0 Å². The predicted molar refractivity (Wildman–Crippen MR) is 74.5 cm³/mol. The highest BCUT2D eigenvalue weighted by Gasteiger charge is 2.12. The summed E-state index contributed by atoms with van der Waals surface area (Å²) in [6.07, 6.45) is 14.2. The van der Waals surface area contributed by atoms with Crippen LogP contribution in [0.5, 0.6) is 0 Å². The van der Waals surface area contributed by atoms with E-state index in [2.05, 4.69) is 13.0 Å². The molecule has 0 aromatic carbocycles. The van der Waals surface area contributed by atoms with Gasteiger partial charge in [-0.25, -0.2) is 0 Å². The molecule has 2 bridgehead atoms. The van der Waals surface area contributed by atoms with E-state index in [1.54, 1.807) is 6.20 Å². The minimum Gasteiger partial charge on any atom is -0.618 e. The topological polar surface area (TPSA) is 26.9 Å². The van der Waals surface area contributed by atoms with Crippen molar-refractivity contribution in [3.8, 4) is 0 Å². The molecule has 2 heteroatoms. The second-order valence-corrected chi connectivity index (χ2v) is 5.63. The summed E-state index contributed by atoms with van der Waals surface area (Å²) in [5, 5.41) is 12.0. The van der Waals surface area contributed by atoms with Gasteiger partial charge in [0.1, 0.15) is 0 Å². The van der Waals surface area contributed by atoms with Crippen LogP contribution >= 0.6 is 0 Å². The second-order valence-electron chi connectivity index (χ2n) is 5.63. The van der Waals surface area contributed by atoms with E-state index in [4.69, 9.17) is 0 Å². The molecule has 3 rings (SSSR count). The van der Waals surface area contributed by atoms with Gasteiger partial charge in [-0.05, 0) is 32.3 Å². The Morgan fingerprint density at radius 1 is 0.889 bits per heavy atom. The first-order chi connectivity index (χ1) is 8.77. The van der Waals surface area contributed by atoms with Gasteiger partial charge in [-0.15, -0.1) is 0 Å². The summed E-state index contributed by atoms with van der Waals surface area (Å²) in [7, 11) is 0. The SMILES string of the molecule is Cc1cc2c[n+]([O-])c1CCCCCCCCCC2. The third kappa shape index (κ3) is 3.72. The third-order valence-corrected chi connectivity index (χ3v) is 4.04. The molecule has 0 saturated heterocycles. The molecular formula is C16H25NO. The van der Waals surface area contributed by atoms with Gasteiger partial charge < -0.3 is 5.21 Å². The quantitative estimate of drug-likeness (QED) is 0.505. The van der Waals surface area contributed by atoms with E-state index in [1.165, 1.54) is 56.1 Å². The molecule has 1 aliphatic carbocycles. The van der Waals surface area contributed by atoms with Crippen LogP contribution in [0.1, 0.15) is 68.2 Å². The average Bonchev–Trinajstić information content (AvgIpc) is 2.34. The Kier molecular flexibility index (Phi) is 5.03. The Labute approximate surface area is 111 Å². The number of aromatic nitrogens is 1. The minimum absolute atomic E-state index is 0.940. The zero-order valence-corrected chi connectivity index (χ0v) is 11.6. The Bertz CT molecular complexity index is 364. The molecule has 0 saturated carbocycles. The monoisotopic (exact) mass is 247 g/mol. The number of aryl methyl sites for hydroxylation is 2. The summed E-state index contributed by atoms with van der Waals surface area (Å²) < 4.78 is 1.12. The van der Waals surface area contributed by atoms with Crippen molar-refractivity contribution in [1.29, 1.82) is 0 Å². The van der Waals surface area contributed by atoms with Crippen molar-refractivity contribution in [2.24, 2.45) is 0 Å². The molecule has 0 unspecified atom stereocenters. The lowest BCUT2D eigenvalue weighted by Crippen LogP contribution is -2.33. The van der Waals surface area contributed by atoms with Gasteiger partial charge in [0, 0.05) is 17.5 Å². The van der Waals surface area contributed by atoms with Crippen molar-refractivity contribution < 1.29 is 4.73 Å². The van der Waals surface area contributed by atoms with Crippen LogP contribution in [0.3, 0.4) is 0 Å². The fraction of sp³-hybridized carbons (Fsp3) is 0.688. The maximum atomic E-state index is 12.0. The molecule has 2 nitrogen and oxygen atoms in total. The standard InChI is InChI=1S/C16H25NO/c1-14-12-15-10-8-6-4-2-3-5-7-9-11-16(14)17(18)13-15/h12-13H,2-11H2,1H3. The van der Waals surface area contributed by atoms with E-state index >= 15 is 0 Å². The lowest BCUT2D eigenvalue weighted by molar-refractivity contribution is -0.614. The van der Waals surface area contributed by atoms with Crippen LogP contribution in [-0.2, 0) is 12.8 Å². The number of hydrogen-bond donors (Lipinski definition) is 0. The van der Waals surface area contributed by atoms with Crippen LogP contribution in [0.15, 0.2) is 12.3 Å². The van der Waals surface area contributed by atoms with Crippen molar-refractivity contribution in [2.45, 2.75) is 71.1 Å². The van der Waals surface area contributed by atoms with E-state index in [0.717, 1.165) is 29.7 Å². The molecule has 0 radical (unpaired) electrons. The minimum atomic E-state index is 0.940. The maximum Gasteiger partial charge on any atom is 0.195 e. The Balaban J connectivity index is 2.12. The summed E-state index contributed by atoms with van der Waals surface area (Å²) in [5.41, 5.74) is 3.37. The zero-order chi connectivity index (χ0) is 12.8. The molecule has 18 heavy (non-hydrogen) atoms. The lowest BCUT2D eigenvalue weighted by atomic mass is 10.00. The first-order valence-corrected chi connectivity index (χ1v) is 7.49. The second kappa shape index (κ2) is 6.77. The van der Waals surface area contributed by atoms with Crippen LogP contribution < -0.4 is 4.73 Å². The summed E-state index contributed by atoms with van der Waals surface area (Å²) in [5.74, 6) is 0. The van der Waals surface area contributed by atoms with Crippen LogP contribution in [0.4, 0.5) is 0 Å². The van der Waals surface area contributed by atoms with Crippen molar-refractivity contribution in [1.82, 2.24) is 0 Å². The van der Waals surface area contributed by atoms with E-state index in [9.17, 15) is 5.21 Å². The normalized spacial score (nSPS) is 18.5. The highest BCUT2D eigenvalue weighted by atomic mass is 16.5. The zero-order valence-electron chi connectivity index (χ0n) is 11.6. The van der Waals surface area contributed by atoms with Crippen LogP contribution in [0.25, 0.3) is 0 Å². The molecule has 2 aliphatic rings. The first-order valence-electron chi connectivity index (χ1n) is 7.49. The predicted octanol–water partition coefficient (Wildman–Crippen LogP) is 3.85. The van der Waals surface area contributed by atoms with E-state index in [-0.39, 0.29) is 0 Å². The van der Waals surface area contributed by atoms with Crippen molar-refractivity contribution >= 4 is 0 Å². The first kappa shape index (κ1) is 13.4. The smallest absolute Gasteiger partial charge is 0.195 e. The van der Waals surface area contributed by atoms with Crippen molar-refractivity contribution in [3.05, 3.63) is 34.3 Å². The Morgan fingerprint density at radius 2 is 1.44 bits per heavy atom. The van der Waals surface area contributed by atoms with Gasteiger partial charge in [0.05, 0.1) is 0 Å². The lowest BCUT2D eigenvalue weighted by Gasteiger charge is -2.11. The Hall–Kier alpha value is -1.05. The Morgan fingerprint density at radius 3 is 2.06 bits per heavy atom. The van der Waals surface area contributed by atoms with E-state index in [0.29, 0.717) is 0 Å². The van der Waals surface area contributed by atoms with Gasteiger partial charge in [-0.3, -0.25) is 0 Å². The molecule has 0 N–H and O–H groups in total. The largest absolute Gasteiger partial charge is 0.618 e. The van der Waals surface area contributed by atoms with E-state index < -0.39 is 0 Å². The van der Waals surface area contributed by atoms with Gasteiger partial charge in [0.25, 0.3) is 0 Å². The highest BCUT2D eigenvalue weighted by Crippen LogP contribution is 2.16. The van der Waals surface area contributed by atoms with Gasteiger partial charge in [0.2, 0.25) is 0 Å². The summed E-state index contributed by atoms with van der Waals surface area (Å²) in [6, 6.07) is 2.22. The number of pyridine rings is 1. The maximum absolute atomic E-state index is 12.0. The summed E-state index contributed by atoms with van der Waals surface area (Å²) in [6.45, 7) is 2.08. The fourth-order valence-electron chi connectivity index (χ4n) is 2.93. The molecule has 2 heterocycles. The van der Waals surface area contributed by atoms with Crippen molar-refractivity contribution in [3.63, 3.8) is 0 Å². The van der Waals surface area contributed by atoms with Gasteiger partial charge in [-0.1, -0.05) is 38.5 Å². The average molecular weight is 247 g/mol. The molecule has 1 aromatic heterocycles. The molecule has 100 valence electrons. The molecule has 0 fully saturated rings. The molecular weight excluding hydrogens is 222 g/mol. The van der Waals surface area contributed by atoms with Crippen LogP contribution in [0.2, 0.25) is 0 Å². The summed E-state index contributed by atoms with van der Waals surface area (Å²) >= 11 is 0. The van der Waals surface area contributed by atoms with Crippen LogP contribution in [-0.4, -0.2) is 0 Å². The molecule has 0 spiro atoms. The molecule has 1 aliphatic heterocycles. The number of nitrogens with zero attached hydrogens (tertiary/aromatic N) is 1. The molecule has 1 aromatic rings. The number of hydrogen-bond acceptors (Lipinski definition) is 1. The van der Waals surface area contributed by atoms with Gasteiger partial charge in [0.15, 0.2) is 11.9 Å². The fourth-order valence-corrected chi connectivity index (χ4v) is 2.93. The summed E-state index contributed by atoms with van der Waals surface area (Å²) in [4.78, 5) is 0. The third-order valence-electron chi connectivity index (χ3n) is 4.04. The molecule has 0 atom stereocenters. The van der Waals surface area contributed by atoms with Crippen LogP contribution in [0, 0.1) is 12.1 Å². The number of fused-ring (bicyclic) bond motifs is 11. The van der Waals surface area contributed by atoms with Gasteiger partial charge >= 0.3 is 0 Å². The number of rotatable bonds is 0. The molecule has 0 amide bonds.